The number of aliphatic hydroxyl groups is 1. The number of halogens is 3. The van der Waals surface area contributed by atoms with Gasteiger partial charge in [0, 0.05) is 6.42 Å². The Morgan fingerprint density at radius 1 is 1.30 bits per heavy atom. The molecule has 0 bridgehead atoms. The molecule has 0 aliphatic rings. The second-order valence-corrected chi connectivity index (χ2v) is 4.82. The molecule has 0 radical (unpaired) electrons. The van der Waals surface area contributed by atoms with Gasteiger partial charge in [-0.15, -0.1) is 0 Å². The van der Waals surface area contributed by atoms with E-state index in [1.54, 1.807) is 0 Å². The molecular formula is C14H18F3NO2. The quantitative estimate of drug-likeness (QED) is 0.791. The molecule has 0 aliphatic heterocycles. The molecule has 1 aromatic rings. The number of aliphatic hydroxyl groups excluding tert-OH is 1. The van der Waals surface area contributed by atoms with E-state index < -0.39 is 30.1 Å². The van der Waals surface area contributed by atoms with E-state index in [9.17, 15) is 23.1 Å². The van der Waals surface area contributed by atoms with Gasteiger partial charge in [0.1, 0.15) is 0 Å². The molecule has 20 heavy (non-hydrogen) atoms. The maximum Gasteiger partial charge on any atom is 0.220 e. The van der Waals surface area contributed by atoms with Crippen LogP contribution in [0.15, 0.2) is 12.1 Å². The first-order chi connectivity index (χ1) is 9.38. The summed E-state index contributed by atoms with van der Waals surface area (Å²) in [5.41, 5.74) is -0.0126. The van der Waals surface area contributed by atoms with Crippen LogP contribution < -0.4 is 5.32 Å². The second kappa shape index (κ2) is 7.28. The van der Waals surface area contributed by atoms with E-state index in [2.05, 4.69) is 5.32 Å². The lowest BCUT2D eigenvalue weighted by Crippen LogP contribution is -2.31. The van der Waals surface area contributed by atoms with Gasteiger partial charge in [-0.1, -0.05) is 20.3 Å². The van der Waals surface area contributed by atoms with Crippen molar-refractivity contribution in [2.24, 2.45) is 5.92 Å². The summed E-state index contributed by atoms with van der Waals surface area (Å²) in [7, 11) is 0. The summed E-state index contributed by atoms with van der Waals surface area (Å²) in [6.45, 7) is 3.30. The van der Waals surface area contributed by atoms with Gasteiger partial charge in [0.15, 0.2) is 17.5 Å². The molecule has 1 aromatic carbocycles. The minimum atomic E-state index is -1.57. The van der Waals surface area contributed by atoms with E-state index >= 15 is 0 Å². The first-order valence-corrected chi connectivity index (χ1v) is 6.43. The third-order valence-electron chi connectivity index (χ3n) is 3.16. The van der Waals surface area contributed by atoms with Crippen molar-refractivity contribution in [2.45, 2.75) is 32.7 Å². The smallest absolute Gasteiger partial charge is 0.220 e. The van der Waals surface area contributed by atoms with Gasteiger partial charge in [-0.2, -0.15) is 0 Å². The minimum Gasteiger partial charge on any atom is -0.394 e. The number of amides is 1. The van der Waals surface area contributed by atoms with E-state index in [4.69, 9.17) is 0 Å². The highest BCUT2D eigenvalue weighted by molar-refractivity contribution is 5.76. The number of carbonyl (C=O) groups is 1. The average Bonchev–Trinajstić information content (AvgIpc) is 2.41. The van der Waals surface area contributed by atoms with Crippen molar-refractivity contribution in [3.63, 3.8) is 0 Å². The monoisotopic (exact) mass is 289 g/mol. The molecule has 0 aliphatic carbocycles. The molecule has 6 heteroatoms. The van der Waals surface area contributed by atoms with Gasteiger partial charge in [-0.25, -0.2) is 13.2 Å². The summed E-state index contributed by atoms with van der Waals surface area (Å²) in [5.74, 6) is -4.44. The molecule has 1 rings (SSSR count). The van der Waals surface area contributed by atoms with Gasteiger partial charge in [0.25, 0.3) is 0 Å². The third kappa shape index (κ3) is 4.23. The van der Waals surface area contributed by atoms with Crippen LogP contribution in [0, 0.1) is 23.4 Å². The summed E-state index contributed by atoms with van der Waals surface area (Å²) in [4.78, 5) is 11.7. The fourth-order valence-electron chi connectivity index (χ4n) is 1.72. The molecule has 0 spiro atoms. The van der Waals surface area contributed by atoms with Crippen molar-refractivity contribution >= 4 is 5.91 Å². The highest BCUT2D eigenvalue weighted by Crippen LogP contribution is 2.19. The Morgan fingerprint density at radius 2 is 1.85 bits per heavy atom. The van der Waals surface area contributed by atoms with Crippen LogP contribution in [-0.2, 0) is 4.79 Å². The van der Waals surface area contributed by atoms with Crippen LogP contribution in [-0.4, -0.2) is 17.6 Å². The Bertz CT molecular complexity index is 456. The Kier molecular flexibility index (Phi) is 6.01. The number of hydrogen-bond acceptors (Lipinski definition) is 2. The van der Waals surface area contributed by atoms with Crippen LogP contribution in [0.2, 0.25) is 0 Å². The van der Waals surface area contributed by atoms with Gasteiger partial charge in [0.05, 0.1) is 12.6 Å². The maximum absolute atomic E-state index is 13.1. The Morgan fingerprint density at radius 3 is 2.30 bits per heavy atom. The molecule has 2 N–H and O–H groups in total. The molecule has 0 fully saturated rings. The Balaban J connectivity index is 2.83. The molecule has 0 heterocycles. The lowest BCUT2D eigenvalue weighted by atomic mass is 10.0. The topological polar surface area (TPSA) is 49.3 Å². The highest BCUT2D eigenvalue weighted by Gasteiger charge is 2.19. The number of carbonyl (C=O) groups excluding carboxylic acids is 1. The van der Waals surface area contributed by atoms with Crippen LogP contribution in [0.25, 0.3) is 0 Å². The normalized spacial score (nSPS) is 13.9. The predicted molar refractivity (Wildman–Crippen MR) is 68.4 cm³/mol. The van der Waals surface area contributed by atoms with Gasteiger partial charge >= 0.3 is 0 Å². The molecule has 3 nitrogen and oxygen atoms in total. The summed E-state index contributed by atoms with van der Waals surface area (Å²) < 4.78 is 39.1. The van der Waals surface area contributed by atoms with Crippen LogP contribution in [0.4, 0.5) is 13.2 Å². The molecular weight excluding hydrogens is 271 g/mol. The number of nitrogens with one attached hydrogen (secondary N) is 1. The van der Waals surface area contributed by atoms with E-state index in [1.165, 1.54) is 0 Å². The molecule has 1 amide bonds. The van der Waals surface area contributed by atoms with Gasteiger partial charge in [0.2, 0.25) is 5.91 Å². The lowest BCUT2D eigenvalue weighted by molar-refractivity contribution is -0.123. The van der Waals surface area contributed by atoms with Crippen LogP contribution in [0.5, 0.6) is 0 Å². The van der Waals surface area contributed by atoms with Gasteiger partial charge in [-0.3, -0.25) is 4.79 Å². The van der Waals surface area contributed by atoms with Crippen molar-refractivity contribution < 1.29 is 23.1 Å². The number of rotatable bonds is 6. The molecule has 0 aromatic heterocycles. The summed E-state index contributed by atoms with van der Waals surface area (Å²) in [6.07, 6.45) is 1.07. The minimum absolute atomic E-state index is 0.0126. The molecule has 0 saturated carbocycles. The first-order valence-electron chi connectivity index (χ1n) is 6.43. The zero-order chi connectivity index (χ0) is 15.3. The largest absolute Gasteiger partial charge is 0.394 e. The van der Waals surface area contributed by atoms with E-state index in [0.29, 0.717) is 0 Å². The summed E-state index contributed by atoms with van der Waals surface area (Å²) in [5, 5.41) is 11.7. The highest BCUT2D eigenvalue weighted by atomic mass is 19.2. The third-order valence-corrected chi connectivity index (χ3v) is 3.16. The zero-order valence-corrected chi connectivity index (χ0v) is 11.4. The standard InChI is InChI=1S/C14H18F3NO2/c1-3-8(2)4-13(20)18-12(7-19)9-5-10(15)14(17)11(16)6-9/h5-6,8,12,19H,3-4,7H2,1-2H3,(H,18,20)/t8-,12+/m1/s1. The van der Waals surface area contributed by atoms with Crippen molar-refractivity contribution in [3.8, 4) is 0 Å². The molecule has 0 saturated heterocycles. The summed E-state index contributed by atoms with van der Waals surface area (Å²) in [6, 6.07) is 0.571. The Hall–Kier alpha value is -1.56. The fourth-order valence-corrected chi connectivity index (χ4v) is 1.72. The predicted octanol–water partition coefficient (Wildman–Crippen LogP) is 2.69. The van der Waals surface area contributed by atoms with Crippen LogP contribution in [0.1, 0.15) is 38.3 Å². The van der Waals surface area contributed by atoms with Crippen LogP contribution in [0.3, 0.4) is 0 Å². The number of benzene rings is 1. The van der Waals surface area contributed by atoms with Crippen molar-refractivity contribution in [1.29, 1.82) is 0 Å². The average molecular weight is 289 g/mol. The van der Waals surface area contributed by atoms with E-state index in [0.717, 1.165) is 18.6 Å². The maximum atomic E-state index is 13.1. The SMILES string of the molecule is CC[C@@H](C)CC(=O)N[C@@H](CO)c1cc(F)c(F)c(F)c1. The summed E-state index contributed by atoms with van der Waals surface area (Å²) >= 11 is 0. The molecule has 112 valence electrons. The Labute approximate surface area is 115 Å². The van der Waals surface area contributed by atoms with Gasteiger partial charge in [-0.05, 0) is 23.6 Å². The number of hydrogen-bond donors (Lipinski definition) is 2. The van der Waals surface area contributed by atoms with Crippen molar-refractivity contribution in [3.05, 3.63) is 35.1 Å². The van der Waals surface area contributed by atoms with Crippen LogP contribution >= 0.6 is 0 Å². The zero-order valence-electron chi connectivity index (χ0n) is 11.4. The van der Waals surface area contributed by atoms with E-state index in [1.807, 2.05) is 13.8 Å². The van der Waals surface area contributed by atoms with Crippen molar-refractivity contribution in [1.82, 2.24) is 5.32 Å². The van der Waals surface area contributed by atoms with Crippen molar-refractivity contribution in [2.75, 3.05) is 6.61 Å². The first kappa shape index (κ1) is 16.5. The van der Waals surface area contributed by atoms with Gasteiger partial charge < -0.3 is 10.4 Å². The molecule has 0 unspecified atom stereocenters. The second-order valence-electron chi connectivity index (χ2n) is 4.82. The van der Waals surface area contributed by atoms with E-state index in [-0.39, 0.29) is 23.8 Å². The fraction of sp³-hybridized carbons (Fsp3) is 0.500. The lowest BCUT2D eigenvalue weighted by Gasteiger charge is -2.18. The molecule has 2 atom stereocenters.